The van der Waals surface area contributed by atoms with E-state index in [0.29, 0.717) is 40.0 Å². The number of urea groups is 1. The number of nitrogens with zero attached hydrogens (tertiary/aromatic N) is 2. The van der Waals surface area contributed by atoms with Crippen LogP contribution in [0.4, 0.5) is 29.3 Å². The highest BCUT2D eigenvalue weighted by molar-refractivity contribution is 6.31. The topological polar surface area (TPSA) is 42.0 Å². The van der Waals surface area contributed by atoms with Crippen molar-refractivity contribution in [1.29, 1.82) is 0 Å². The Bertz CT molecular complexity index is 1220. The molecule has 3 aromatic rings. The molecule has 0 N–H and O–H groups in total. The van der Waals surface area contributed by atoms with Crippen molar-refractivity contribution in [2.24, 2.45) is 0 Å². The average molecular weight is 523 g/mol. The highest BCUT2D eigenvalue weighted by Gasteiger charge is 2.60. The fraction of sp³-hybridized carbons (Fsp3) is 0.240. The molecule has 5 nitrogen and oxygen atoms in total. The van der Waals surface area contributed by atoms with E-state index in [1.54, 1.807) is 70.5 Å². The Balaban J connectivity index is 1.66. The molecular formula is C25H19Cl2F3N2O3. The lowest BCUT2D eigenvalue weighted by Gasteiger charge is -2.44. The van der Waals surface area contributed by atoms with E-state index < -0.39 is 11.9 Å². The van der Waals surface area contributed by atoms with Gasteiger partial charge in [-0.15, -0.1) is 13.2 Å². The number of alkyl halides is 3. The second kappa shape index (κ2) is 8.93. The van der Waals surface area contributed by atoms with Crippen LogP contribution in [0.2, 0.25) is 10.0 Å². The zero-order valence-electron chi connectivity index (χ0n) is 18.1. The lowest BCUT2D eigenvalue weighted by molar-refractivity contribution is -0.274. The van der Waals surface area contributed by atoms with Gasteiger partial charge in [-0.3, -0.25) is 9.80 Å². The summed E-state index contributed by atoms with van der Waals surface area (Å²) in [5, 5.41) is 1.04. The summed E-state index contributed by atoms with van der Waals surface area (Å²) < 4.78 is 48.1. The second-order valence-electron chi connectivity index (χ2n) is 8.29. The zero-order chi connectivity index (χ0) is 24.8. The van der Waals surface area contributed by atoms with Gasteiger partial charge in [0, 0.05) is 28.0 Å². The number of ether oxygens (including phenoxy) is 2. The number of carbonyl (C=O) groups is 1. The number of hydrogen-bond acceptors (Lipinski definition) is 3. The molecule has 2 saturated heterocycles. The Morgan fingerprint density at radius 2 is 1.46 bits per heavy atom. The first-order chi connectivity index (χ1) is 16.7. The van der Waals surface area contributed by atoms with Crippen LogP contribution in [-0.4, -0.2) is 31.6 Å². The first-order valence-electron chi connectivity index (χ1n) is 10.8. The van der Waals surface area contributed by atoms with Crippen LogP contribution in [0.25, 0.3) is 0 Å². The maximum atomic E-state index is 14.0. The van der Waals surface area contributed by atoms with Crippen molar-refractivity contribution in [2.75, 3.05) is 23.0 Å². The largest absolute Gasteiger partial charge is 0.573 e. The molecule has 10 heteroatoms. The van der Waals surface area contributed by atoms with Crippen LogP contribution in [0.5, 0.6) is 5.75 Å². The van der Waals surface area contributed by atoms with E-state index in [-0.39, 0.29) is 24.4 Å². The Morgan fingerprint density at radius 1 is 0.886 bits per heavy atom. The maximum Gasteiger partial charge on any atom is 0.573 e. The van der Waals surface area contributed by atoms with Gasteiger partial charge < -0.3 is 9.47 Å². The van der Waals surface area contributed by atoms with Gasteiger partial charge in [0.2, 0.25) is 0 Å². The van der Waals surface area contributed by atoms with E-state index >= 15 is 0 Å². The summed E-state index contributed by atoms with van der Waals surface area (Å²) in [7, 11) is 0. The molecule has 2 fully saturated rings. The standard InChI is InChI=1S/C25H19Cl2F3N2O3/c26-17-3-7-19(8-4-17)31-22-13-14-34-15-24(22,16-1-11-21(12-2-16)35-25(28,29)30)32(23(31)33)20-9-5-18(27)6-10-20/h1-12,22H,13-15H2/t22?,24-/m0/s1. The summed E-state index contributed by atoms with van der Waals surface area (Å²) in [5.74, 6) is -0.345. The fourth-order valence-corrected chi connectivity index (χ4v) is 5.15. The van der Waals surface area contributed by atoms with Gasteiger partial charge in [0.15, 0.2) is 0 Å². The van der Waals surface area contributed by atoms with E-state index in [2.05, 4.69) is 4.74 Å². The molecule has 182 valence electrons. The molecule has 2 heterocycles. The summed E-state index contributed by atoms with van der Waals surface area (Å²) in [5.41, 5.74) is 0.849. The van der Waals surface area contributed by atoms with Crippen LogP contribution in [0.3, 0.4) is 0 Å². The van der Waals surface area contributed by atoms with Crippen LogP contribution in [-0.2, 0) is 10.3 Å². The SMILES string of the molecule is O=C1N(c2ccc(Cl)cc2)C2CCOC[C@@]2(c2ccc(OC(F)(F)F)cc2)N1c1ccc(Cl)cc1. The van der Waals surface area contributed by atoms with Crippen molar-refractivity contribution in [1.82, 2.24) is 0 Å². The normalized spacial score (nSPS) is 22.3. The summed E-state index contributed by atoms with van der Waals surface area (Å²) in [4.78, 5) is 17.4. The number of fused-ring (bicyclic) bond motifs is 1. The third kappa shape index (κ3) is 4.30. The minimum absolute atomic E-state index is 0.148. The summed E-state index contributed by atoms with van der Waals surface area (Å²) >= 11 is 12.2. The van der Waals surface area contributed by atoms with Gasteiger partial charge in [-0.25, -0.2) is 4.79 Å². The van der Waals surface area contributed by atoms with E-state index in [1.165, 1.54) is 12.1 Å². The molecule has 2 aliphatic rings. The smallest absolute Gasteiger partial charge is 0.406 e. The van der Waals surface area contributed by atoms with Crippen molar-refractivity contribution in [3.8, 4) is 5.75 Å². The quantitative estimate of drug-likeness (QED) is 0.369. The van der Waals surface area contributed by atoms with Crippen molar-refractivity contribution < 1.29 is 27.4 Å². The van der Waals surface area contributed by atoms with Crippen LogP contribution >= 0.6 is 23.2 Å². The molecule has 35 heavy (non-hydrogen) atoms. The highest BCUT2D eigenvalue weighted by Crippen LogP contribution is 2.49. The van der Waals surface area contributed by atoms with Gasteiger partial charge in [0.1, 0.15) is 11.3 Å². The van der Waals surface area contributed by atoms with E-state index in [9.17, 15) is 18.0 Å². The predicted molar refractivity (Wildman–Crippen MR) is 127 cm³/mol. The molecule has 0 saturated carbocycles. The van der Waals surface area contributed by atoms with Gasteiger partial charge in [-0.1, -0.05) is 35.3 Å². The van der Waals surface area contributed by atoms with Crippen LogP contribution in [0.15, 0.2) is 72.8 Å². The monoisotopic (exact) mass is 522 g/mol. The Labute approximate surface area is 209 Å². The molecule has 2 aliphatic heterocycles. The molecule has 0 spiro atoms. The number of hydrogen-bond donors (Lipinski definition) is 0. The number of amides is 2. The summed E-state index contributed by atoms with van der Waals surface area (Å²) in [6.45, 7) is 0.573. The van der Waals surface area contributed by atoms with Crippen LogP contribution in [0, 0.1) is 0 Å². The van der Waals surface area contributed by atoms with E-state index in [4.69, 9.17) is 27.9 Å². The third-order valence-electron chi connectivity index (χ3n) is 6.29. The van der Waals surface area contributed by atoms with Crippen molar-refractivity contribution in [3.63, 3.8) is 0 Å². The van der Waals surface area contributed by atoms with Gasteiger partial charge in [-0.05, 0) is 72.6 Å². The minimum Gasteiger partial charge on any atom is -0.406 e. The molecule has 2 atom stereocenters. The fourth-order valence-electron chi connectivity index (χ4n) is 4.90. The Kier molecular flexibility index (Phi) is 6.07. The summed E-state index contributed by atoms with van der Waals surface area (Å²) in [6, 6.07) is 18.7. The first-order valence-corrected chi connectivity index (χ1v) is 11.5. The number of benzene rings is 3. The number of rotatable bonds is 4. The Morgan fingerprint density at radius 3 is 2.03 bits per heavy atom. The average Bonchev–Trinajstić information content (AvgIpc) is 3.09. The van der Waals surface area contributed by atoms with Gasteiger partial charge in [0.05, 0.1) is 12.6 Å². The molecule has 0 aromatic heterocycles. The summed E-state index contributed by atoms with van der Waals surface area (Å²) in [6.07, 6.45) is -4.29. The van der Waals surface area contributed by atoms with Crippen molar-refractivity contribution >= 4 is 40.6 Å². The van der Waals surface area contributed by atoms with Crippen LogP contribution in [0.1, 0.15) is 12.0 Å². The highest BCUT2D eigenvalue weighted by atomic mass is 35.5. The van der Waals surface area contributed by atoms with Crippen molar-refractivity contribution in [2.45, 2.75) is 24.4 Å². The molecule has 1 unspecified atom stereocenters. The molecule has 0 radical (unpaired) electrons. The number of anilines is 2. The predicted octanol–water partition coefficient (Wildman–Crippen LogP) is 7.02. The van der Waals surface area contributed by atoms with Crippen LogP contribution < -0.4 is 14.5 Å². The lowest BCUT2D eigenvalue weighted by atomic mass is 9.79. The first kappa shape index (κ1) is 23.8. The van der Waals surface area contributed by atoms with Gasteiger partial charge >= 0.3 is 12.4 Å². The van der Waals surface area contributed by atoms with Crippen molar-refractivity contribution in [3.05, 3.63) is 88.4 Å². The zero-order valence-corrected chi connectivity index (χ0v) is 19.6. The number of carbonyl (C=O) groups excluding carboxylic acids is 1. The Hall–Kier alpha value is -2.94. The van der Waals surface area contributed by atoms with E-state index in [0.717, 1.165) is 0 Å². The molecule has 3 aromatic carbocycles. The molecule has 2 amide bonds. The number of halogens is 5. The van der Waals surface area contributed by atoms with Gasteiger partial charge in [-0.2, -0.15) is 0 Å². The molecule has 0 aliphatic carbocycles. The maximum absolute atomic E-state index is 14.0. The third-order valence-corrected chi connectivity index (χ3v) is 6.80. The molecule has 5 rings (SSSR count). The molecular weight excluding hydrogens is 504 g/mol. The minimum atomic E-state index is -4.81. The van der Waals surface area contributed by atoms with E-state index in [1.807, 2.05) is 0 Å². The lowest BCUT2D eigenvalue weighted by Crippen LogP contribution is -2.56. The van der Waals surface area contributed by atoms with Gasteiger partial charge in [0.25, 0.3) is 0 Å². The molecule has 0 bridgehead atoms. The second-order valence-corrected chi connectivity index (χ2v) is 9.17.